The van der Waals surface area contributed by atoms with Gasteiger partial charge in [0, 0.05) is 17.8 Å². The van der Waals surface area contributed by atoms with Gasteiger partial charge in [0.15, 0.2) is 0 Å². The van der Waals surface area contributed by atoms with Gasteiger partial charge in [0.2, 0.25) is 0 Å². The van der Waals surface area contributed by atoms with Gasteiger partial charge < -0.3 is 11.1 Å². The predicted molar refractivity (Wildman–Crippen MR) is 88.2 cm³/mol. The number of anilines is 1. The van der Waals surface area contributed by atoms with Crippen LogP contribution in [0, 0.1) is 0 Å². The fourth-order valence-electron chi connectivity index (χ4n) is 1.74. The molecule has 3 N–H and O–H groups in total. The summed E-state index contributed by atoms with van der Waals surface area (Å²) in [6.45, 7) is 0.376. The molecule has 2 aromatic carbocycles. The topological polar surface area (TPSA) is 55.1 Å². The molecule has 126 valence electrons. The third kappa shape index (κ3) is 5.74. The summed E-state index contributed by atoms with van der Waals surface area (Å²) in [5.41, 5.74) is 6.30. The molecular formula is C15H15Cl2F3N2O. The molecule has 0 aromatic heterocycles. The van der Waals surface area contributed by atoms with Crippen molar-refractivity contribution in [2.45, 2.75) is 12.7 Å². The van der Waals surface area contributed by atoms with Gasteiger partial charge in [-0.2, -0.15) is 13.2 Å². The largest absolute Gasteiger partial charge is 0.416 e. The van der Waals surface area contributed by atoms with E-state index in [1.165, 1.54) is 12.1 Å². The highest BCUT2D eigenvalue weighted by Gasteiger charge is 2.29. The normalized spacial score (nSPS) is 10.3. The summed E-state index contributed by atoms with van der Waals surface area (Å²) in [4.78, 5) is 11.9. The number of nitrogens with two attached hydrogens (primary N) is 1. The third-order valence-corrected chi connectivity index (χ3v) is 2.92. The molecule has 2 aromatic rings. The fourth-order valence-corrected chi connectivity index (χ4v) is 1.74. The SMILES string of the molecule is Cl.Cl.NCc1ccc(C(=O)Nc2ccc(C(F)(F)F)cc2)cc1. The zero-order valence-corrected chi connectivity index (χ0v) is 13.4. The van der Waals surface area contributed by atoms with Gasteiger partial charge in [-0.05, 0) is 42.0 Å². The van der Waals surface area contributed by atoms with Crippen LogP contribution >= 0.6 is 24.8 Å². The molecule has 0 atom stereocenters. The van der Waals surface area contributed by atoms with Crippen LogP contribution in [-0.4, -0.2) is 5.91 Å². The highest BCUT2D eigenvalue weighted by Crippen LogP contribution is 2.29. The quantitative estimate of drug-likeness (QED) is 0.852. The highest BCUT2D eigenvalue weighted by atomic mass is 35.5. The molecule has 2 rings (SSSR count). The summed E-state index contributed by atoms with van der Waals surface area (Å²) in [7, 11) is 0. The van der Waals surface area contributed by atoms with Gasteiger partial charge in [0.25, 0.3) is 5.91 Å². The number of carbonyl (C=O) groups is 1. The lowest BCUT2D eigenvalue weighted by Crippen LogP contribution is -2.12. The second-order valence-electron chi connectivity index (χ2n) is 4.43. The Morgan fingerprint density at radius 1 is 0.957 bits per heavy atom. The Balaban J connectivity index is 0.00000242. The van der Waals surface area contributed by atoms with Crippen LogP contribution in [0.15, 0.2) is 48.5 Å². The maximum atomic E-state index is 12.4. The van der Waals surface area contributed by atoms with Crippen LogP contribution in [0.3, 0.4) is 0 Å². The first-order valence-electron chi connectivity index (χ1n) is 6.18. The molecule has 0 fully saturated rings. The minimum absolute atomic E-state index is 0. The van der Waals surface area contributed by atoms with Crippen molar-refractivity contribution in [3.63, 3.8) is 0 Å². The van der Waals surface area contributed by atoms with Crippen molar-refractivity contribution in [1.29, 1.82) is 0 Å². The summed E-state index contributed by atoms with van der Waals surface area (Å²) in [6.07, 6.45) is -4.39. The summed E-state index contributed by atoms with van der Waals surface area (Å²) in [5.74, 6) is -0.390. The van der Waals surface area contributed by atoms with Crippen LogP contribution in [-0.2, 0) is 12.7 Å². The van der Waals surface area contributed by atoms with Gasteiger partial charge in [0.05, 0.1) is 5.56 Å². The number of benzene rings is 2. The first kappa shape index (κ1) is 21.2. The van der Waals surface area contributed by atoms with Crippen molar-refractivity contribution in [1.82, 2.24) is 0 Å². The van der Waals surface area contributed by atoms with E-state index in [4.69, 9.17) is 5.73 Å². The van der Waals surface area contributed by atoms with Crippen molar-refractivity contribution in [3.05, 3.63) is 65.2 Å². The Labute approximate surface area is 143 Å². The summed E-state index contributed by atoms with van der Waals surface area (Å²) in [5, 5.41) is 2.54. The molecule has 0 saturated heterocycles. The maximum Gasteiger partial charge on any atom is 0.416 e. The van der Waals surface area contributed by atoms with E-state index < -0.39 is 17.6 Å². The van der Waals surface area contributed by atoms with E-state index >= 15 is 0 Å². The Hall–Kier alpha value is -1.76. The van der Waals surface area contributed by atoms with Crippen molar-refractivity contribution in [2.24, 2.45) is 5.73 Å². The zero-order valence-electron chi connectivity index (χ0n) is 11.8. The Morgan fingerprint density at radius 2 is 1.48 bits per heavy atom. The second kappa shape index (κ2) is 8.76. The Kier molecular flexibility index (Phi) is 8.09. The first-order chi connectivity index (χ1) is 9.90. The van der Waals surface area contributed by atoms with E-state index in [1.54, 1.807) is 24.3 Å². The molecule has 0 bridgehead atoms. The number of alkyl halides is 3. The average molecular weight is 367 g/mol. The van der Waals surface area contributed by atoms with Crippen molar-refractivity contribution < 1.29 is 18.0 Å². The lowest BCUT2D eigenvalue weighted by molar-refractivity contribution is -0.137. The number of hydrogen-bond donors (Lipinski definition) is 2. The van der Waals surface area contributed by atoms with E-state index in [0.29, 0.717) is 17.8 Å². The number of carbonyl (C=O) groups excluding carboxylic acids is 1. The molecule has 0 spiro atoms. The molecule has 0 aliphatic carbocycles. The highest BCUT2D eigenvalue weighted by molar-refractivity contribution is 6.04. The average Bonchev–Trinajstić information content (AvgIpc) is 2.47. The number of rotatable bonds is 3. The van der Waals surface area contributed by atoms with Gasteiger partial charge in [-0.15, -0.1) is 24.8 Å². The molecule has 23 heavy (non-hydrogen) atoms. The minimum atomic E-state index is -4.39. The zero-order chi connectivity index (χ0) is 15.5. The van der Waals surface area contributed by atoms with Gasteiger partial charge in [-0.1, -0.05) is 12.1 Å². The number of nitrogens with one attached hydrogen (secondary N) is 1. The summed E-state index contributed by atoms with van der Waals surface area (Å²) >= 11 is 0. The molecule has 0 heterocycles. The van der Waals surface area contributed by atoms with Crippen molar-refractivity contribution in [3.8, 4) is 0 Å². The molecule has 0 unspecified atom stereocenters. The van der Waals surface area contributed by atoms with E-state index in [1.807, 2.05) is 0 Å². The lowest BCUT2D eigenvalue weighted by Gasteiger charge is -2.09. The fraction of sp³-hybridized carbons (Fsp3) is 0.133. The minimum Gasteiger partial charge on any atom is -0.326 e. The van der Waals surface area contributed by atoms with Crippen molar-refractivity contribution >= 4 is 36.4 Å². The van der Waals surface area contributed by atoms with Gasteiger partial charge in [-0.3, -0.25) is 4.79 Å². The monoisotopic (exact) mass is 366 g/mol. The van der Waals surface area contributed by atoms with Crippen LogP contribution in [0.1, 0.15) is 21.5 Å². The molecule has 3 nitrogen and oxygen atoms in total. The third-order valence-electron chi connectivity index (χ3n) is 2.92. The predicted octanol–water partition coefficient (Wildman–Crippen LogP) is 4.26. The molecule has 1 amide bonds. The standard InChI is InChI=1S/C15H13F3N2O.2ClH/c16-15(17,18)12-5-7-13(8-6-12)20-14(21)11-3-1-10(9-19)2-4-11;;/h1-8H,9,19H2,(H,20,21);2*1H. The molecule has 0 saturated carbocycles. The Bertz CT molecular complexity index is 629. The maximum absolute atomic E-state index is 12.4. The van der Waals surface area contributed by atoms with E-state index in [2.05, 4.69) is 5.32 Å². The second-order valence-corrected chi connectivity index (χ2v) is 4.43. The first-order valence-corrected chi connectivity index (χ1v) is 6.18. The molecule has 0 radical (unpaired) electrons. The van der Waals surface area contributed by atoms with E-state index in [0.717, 1.165) is 17.7 Å². The smallest absolute Gasteiger partial charge is 0.326 e. The summed E-state index contributed by atoms with van der Waals surface area (Å²) < 4.78 is 37.3. The van der Waals surface area contributed by atoms with Crippen LogP contribution in [0.2, 0.25) is 0 Å². The molecule has 8 heteroatoms. The number of halogens is 5. The Morgan fingerprint density at radius 3 is 1.91 bits per heavy atom. The summed E-state index contributed by atoms with van der Waals surface area (Å²) in [6, 6.07) is 11.0. The number of amides is 1. The van der Waals surface area contributed by atoms with Crippen LogP contribution in [0.5, 0.6) is 0 Å². The lowest BCUT2D eigenvalue weighted by atomic mass is 10.1. The van der Waals surface area contributed by atoms with E-state index in [9.17, 15) is 18.0 Å². The molecule has 0 aliphatic rings. The van der Waals surface area contributed by atoms with Crippen molar-refractivity contribution in [2.75, 3.05) is 5.32 Å². The van der Waals surface area contributed by atoms with Gasteiger partial charge in [-0.25, -0.2) is 0 Å². The van der Waals surface area contributed by atoms with Gasteiger partial charge in [0.1, 0.15) is 0 Å². The van der Waals surface area contributed by atoms with Crippen LogP contribution in [0.4, 0.5) is 18.9 Å². The molecular weight excluding hydrogens is 352 g/mol. The molecule has 0 aliphatic heterocycles. The number of hydrogen-bond acceptors (Lipinski definition) is 2. The van der Waals surface area contributed by atoms with Crippen LogP contribution < -0.4 is 11.1 Å². The van der Waals surface area contributed by atoms with Gasteiger partial charge >= 0.3 is 6.18 Å². The van der Waals surface area contributed by atoms with E-state index in [-0.39, 0.29) is 24.8 Å². The van der Waals surface area contributed by atoms with Crippen LogP contribution in [0.25, 0.3) is 0 Å².